The Labute approximate surface area is 185 Å². The van der Waals surface area contributed by atoms with E-state index in [-0.39, 0.29) is 5.56 Å². The molecular formula is C24H26N2O4S. The van der Waals surface area contributed by atoms with Gasteiger partial charge in [-0.2, -0.15) is 0 Å². The van der Waals surface area contributed by atoms with Gasteiger partial charge in [-0.05, 0) is 49.2 Å². The highest BCUT2D eigenvalue weighted by atomic mass is 32.1. The summed E-state index contributed by atoms with van der Waals surface area (Å²) in [5.74, 6) is -1.01. The van der Waals surface area contributed by atoms with Gasteiger partial charge in [0.25, 0.3) is 0 Å². The van der Waals surface area contributed by atoms with Gasteiger partial charge in [-0.1, -0.05) is 25.5 Å². The van der Waals surface area contributed by atoms with Crippen molar-refractivity contribution in [2.45, 2.75) is 46.1 Å². The average molecular weight is 439 g/mol. The van der Waals surface area contributed by atoms with Gasteiger partial charge >= 0.3 is 11.9 Å². The van der Waals surface area contributed by atoms with Gasteiger partial charge in [-0.3, -0.25) is 0 Å². The monoisotopic (exact) mass is 438 g/mol. The lowest BCUT2D eigenvalue weighted by molar-refractivity contribution is -0.132. The largest absolute Gasteiger partial charge is 0.478 e. The van der Waals surface area contributed by atoms with E-state index < -0.39 is 11.9 Å². The zero-order chi connectivity index (χ0) is 22.4. The van der Waals surface area contributed by atoms with Crippen molar-refractivity contribution in [2.24, 2.45) is 0 Å². The first-order chi connectivity index (χ1) is 14.9. The quantitative estimate of drug-likeness (QED) is 0.432. The maximum absolute atomic E-state index is 11.9. The first kappa shape index (κ1) is 22.5. The molecule has 0 bridgehead atoms. The van der Waals surface area contributed by atoms with E-state index >= 15 is 0 Å². The molecule has 0 spiro atoms. The van der Waals surface area contributed by atoms with E-state index in [4.69, 9.17) is 5.11 Å². The first-order valence-electron chi connectivity index (χ1n) is 10.2. The van der Waals surface area contributed by atoms with Crippen LogP contribution in [0, 0.1) is 6.92 Å². The number of carbonyl (C=O) groups is 2. The highest BCUT2D eigenvalue weighted by Crippen LogP contribution is 2.22. The van der Waals surface area contributed by atoms with Gasteiger partial charge < -0.3 is 14.8 Å². The van der Waals surface area contributed by atoms with Crippen LogP contribution in [0.4, 0.5) is 0 Å². The van der Waals surface area contributed by atoms with Gasteiger partial charge in [-0.15, -0.1) is 11.3 Å². The van der Waals surface area contributed by atoms with Crippen molar-refractivity contribution in [1.29, 1.82) is 0 Å². The van der Waals surface area contributed by atoms with Crippen LogP contribution < -0.4 is 0 Å². The van der Waals surface area contributed by atoms with E-state index in [1.165, 1.54) is 0 Å². The Kier molecular flexibility index (Phi) is 7.41. The molecule has 0 saturated heterocycles. The molecule has 0 amide bonds. The van der Waals surface area contributed by atoms with Crippen LogP contribution in [0.15, 0.2) is 48.2 Å². The van der Waals surface area contributed by atoms with Gasteiger partial charge in [0.15, 0.2) is 0 Å². The number of benzene rings is 1. The summed E-state index contributed by atoms with van der Waals surface area (Å²) in [5.41, 5.74) is 2.21. The van der Waals surface area contributed by atoms with Gasteiger partial charge in [0, 0.05) is 34.7 Å². The zero-order valence-electron chi connectivity index (χ0n) is 17.7. The van der Waals surface area contributed by atoms with Crippen molar-refractivity contribution in [3.05, 3.63) is 80.6 Å². The Bertz CT molecular complexity index is 1090. The summed E-state index contributed by atoms with van der Waals surface area (Å²) < 4.78 is 2.02. The lowest BCUT2D eigenvalue weighted by Crippen LogP contribution is -2.09. The number of thiophene rings is 1. The number of hydrogen-bond donors (Lipinski definition) is 2. The number of aliphatic carboxylic acids is 1. The van der Waals surface area contributed by atoms with Crippen LogP contribution in [0.3, 0.4) is 0 Å². The lowest BCUT2D eigenvalue weighted by atomic mass is 10.1. The number of carboxylic acids is 2. The fourth-order valence-electron chi connectivity index (χ4n) is 3.33. The van der Waals surface area contributed by atoms with Crippen molar-refractivity contribution in [2.75, 3.05) is 0 Å². The molecule has 2 aromatic heterocycles. The Morgan fingerprint density at radius 1 is 1.13 bits per heavy atom. The first-order valence-corrected chi connectivity index (χ1v) is 11.0. The number of imidazole rings is 1. The van der Waals surface area contributed by atoms with Crippen LogP contribution in [0.5, 0.6) is 0 Å². The topological polar surface area (TPSA) is 92.4 Å². The second-order valence-electron chi connectivity index (χ2n) is 7.45. The average Bonchev–Trinajstić information content (AvgIpc) is 3.32. The minimum absolute atomic E-state index is 0.236. The third-order valence-corrected chi connectivity index (χ3v) is 6.02. The molecule has 162 valence electrons. The third kappa shape index (κ3) is 5.92. The highest BCUT2D eigenvalue weighted by molar-refractivity contribution is 7.11. The van der Waals surface area contributed by atoms with Crippen LogP contribution in [-0.2, 0) is 24.2 Å². The molecule has 0 atom stereocenters. The lowest BCUT2D eigenvalue weighted by Gasteiger charge is -2.12. The second kappa shape index (κ2) is 10.2. The molecular weight excluding hydrogens is 412 g/mol. The minimum atomic E-state index is -0.962. The van der Waals surface area contributed by atoms with E-state index in [0.29, 0.717) is 18.5 Å². The van der Waals surface area contributed by atoms with Crippen LogP contribution in [-0.4, -0.2) is 31.7 Å². The van der Waals surface area contributed by atoms with Crippen molar-refractivity contribution < 1.29 is 19.8 Å². The van der Waals surface area contributed by atoms with Crippen LogP contribution in [0.2, 0.25) is 0 Å². The summed E-state index contributed by atoms with van der Waals surface area (Å²) in [5, 5.41) is 18.9. The summed E-state index contributed by atoms with van der Waals surface area (Å²) >= 11 is 1.60. The minimum Gasteiger partial charge on any atom is -0.478 e. The standard InChI is InChI=1S/C24H26N2O4S/c1-3-4-5-22-25-14-20(12-19(24(29)30)13-21-11-6-16(2)31-21)26(22)15-17-7-9-18(10-8-17)23(27)28/h6-12,14H,3-5,13,15H2,1-2H3,(H,27,28)(H,29,30)/b19-12+. The second-order valence-corrected chi connectivity index (χ2v) is 8.83. The molecule has 6 nitrogen and oxygen atoms in total. The number of rotatable bonds is 10. The smallest absolute Gasteiger partial charge is 0.335 e. The van der Waals surface area contributed by atoms with E-state index in [1.807, 2.05) is 23.6 Å². The van der Waals surface area contributed by atoms with Crippen molar-refractivity contribution >= 4 is 29.4 Å². The molecule has 2 N–H and O–H groups in total. The van der Waals surface area contributed by atoms with E-state index in [9.17, 15) is 14.7 Å². The number of nitrogens with zero attached hydrogens (tertiary/aromatic N) is 2. The van der Waals surface area contributed by atoms with Crippen molar-refractivity contribution in [3.63, 3.8) is 0 Å². The van der Waals surface area contributed by atoms with E-state index in [1.54, 1.807) is 47.9 Å². The fourth-order valence-corrected chi connectivity index (χ4v) is 4.24. The molecule has 0 aliphatic rings. The Morgan fingerprint density at radius 2 is 1.87 bits per heavy atom. The number of aryl methyl sites for hydroxylation is 2. The molecule has 7 heteroatoms. The molecule has 3 aromatic rings. The van der Waals surface area contributed by atoms with Crippen LogP contribution >= 0.6 is 11.3 Å². The molecule has 0 unspecified atom stereocenters. The zero-order valence-corrected chi connectivity index (χ0v) is 18.5. The fraction of sp³-hybridized carbons (Fsp3) is 0.292. The predicted octanol–water partition coefficient (Wildman–Crippen LogP) is 5.05. The molecule has 0 aliphatic heterocycles. The Balaban J connectivity index is 1.94. The van der Waals surface area contributed by atoms with Gasteiger partial charge in [0.2, 0.25) is 0 Å². The molecule has 0 saturated carbocycles. The molecule has 2 heterocycles. The van der Waals surface area contributed by atoms with Crippen LogP contribution in [0.1, 0.15) is 57.0 Å². The molecule has 0 radical (unpaired) electrons. The number of carboxylic acid groups (broad SMARTS) is 2. The van der Waals surface area contributed by atoms with Crippen molar-refractivity contribution in [1.82, 2.24) is 9.55 Å². The van der Waals surface area contributed by atoms with Gasteiger partial charge in [-0.25, -0.2) is 14.6 Å². The van der Waals surface area contributed by atoms with E-state index in [0.717, 1.165) is 46.1 Å². The SMILES string of the molecule is CCCCc1ncc(/C=C(\Cc2ccc(C)s2)C(=O)O)n1Cc1ccc(C(=O)O)cc1. The van der Waals surface area contributed by atoms with Gasteiger partial charge in [0.1, 0.15) is 5.82 Å². The molecule has 0 aliphatic carbocycles. The summed E-state index contributed by atoms with van der Waals surface area (Å²) in [6.45, 7) is 4.61. The number of aromatic carboxylic acids is 1. The highest BCUT2D eigenvalue weighted by Gasteiger charge is 2.15. The summed E-state index contributed by atoms with van der Waals surface area (Å²) in [6, 6.07) is 10.7. The van der Waals surface area contributed by atoms with Crippen molar-refractivity contribution in [3.8, 4) is 0 Å². The summed E-state index contributed by atoms with van der Waals surface area (Å²) in [6.07, 6.45) is 6.59. The number of hydrogen-bond acceptors (Lipinski definition) is 4. The van der Waals surface area contributed by atoms with Gasteiger partial charge in [0.05, 0.1) is 17.5 Å². The maximum atomic E-state index is 11.9. The Morgan fingerprint density at radius 3 is 2.45 bits per heavy atom. The number of aromatic nitrogens is 2. The maximum Gasteiger partial charge on any atom is 0.335 e. The normalized spacial score (nSPS) is 11.6. The summed E-state index contributed by atoms with van der Waals surface area (Å²) in [4.78, 5) is 29.7. The molecule has 31 heavy (non-hydrogen) atoms. The predicted molar refractivity (Wildman–Crippen MR) is 122 cm³/mol. The Hall–Kier alpha value is -3.19. The van der Waals surface area contributed by atoms with Crippen LogP contribution in [0.25, 0.3) is 6.08 Å². The van der Waals surface area contributed by atoms with E-state index in [2.05, 4.69) is 11.9 Å². The number of unbranched alkanes of at least 4 members (excludes halogenated alkanes) is 1. The summed E-state index contributed by atoms with van der Waals surface area (Å²) in [7, 11) is 0. The molecule has 1 aromatic carbocycles. The molecule has 3 rings (SSSR count). The third-order valence-electron chi connectivity index (χ3n) is 5.02. The molecule has 0 fully saturated rings.